The predicted molar refractivity (Wildman–Crippen MR) is 96.3 cm³/mol. The van der Waals surface area contributed by atoms with Crippen molar-refractivity contribution >= 4 is 5.91 Å². The van der Waals surface area contributed by atoms with E-state index in [1.165, 1.54) is 12.1 Å². The molecule has 3 rings (SSSR count). The molecule has 1 saturated heterocycles. The molecule has 1 amide bonds. The van der Waals surface area contributed by atoms with Gasteiger partial charge in [-0.1, -0.05) is 12.1 Å². The summed E-state index contributed by atoms with van der Waals surface area (Å²) in [6.07, 6.45) is 3.56. The molecular formula is C19H25FN4O2. The summed E-state index contributed by atoms with van der Waals surface area (Å²) in [5.41, 5.74) is 1.00. The fraction of sp³-hybridized carbons (Fsp3) is 0.474. The Bertz CT molecular complexity index is 725. The Morgan fingerprint density at radius 1 is 1.42 bits per heavy atom. The topological polar surface area (TPSA) is 79.2 Å². The number of carbonyl (C=O) groups is 1. The second-order valence-electron chi connectivity index (χ2n) is 6.86. The number of hydrogen-bond acceptors (Lipinski definition) is 4. The van der Waals surface area contributed by atoms with E-state index >= 15 is 0 Å². The smallest absolute Gasteiger partial charge is 0.271 e. The molecule has 1 aliphatic rings. The first-order valence-electron chi connectivity index (χ1n) is 9.03. The second-order valence-corrected chi connectivity index (χ2v) is 6.86. The van der Waals surface area contributed by atoms with E-state index in [9.17, 15) is 14.3 Å². The van der Waals surface area contributed by atoms with Crippen LogP contribution >= 0.6 is 0 Å². The first-order chi connectivity index (χ1) is 12.5. The molecule has 0 bridgehead atoms. The predicted octanol–water partition coefficient (Wildman–Crippen LogP) is 2.19. The number of rotatable bonds is 6. The van der Waals surface area contributed by atoms with E-state index in [0.29, 0.717) is 17.7 Å². The molecule has 3 unspecified atom stereocenters. The van der Waals surface area contributed by atoms with E-state index in [4.69, 9.17) is 0 Å². The normalized spacial score (nSPS) is 19.7. The summed E-state index contributed by atoms with van der Waals surface area (Å²) in [4.78, 5) is 12.4. The maximum absolute atomic E-state index is 13.0. The molecule has 1 aromatic heterocycles. The zero-order chi connectivity index (χ0) is 18.5. The van der Waals surface area contributed by atoms with Crippen LogP contribution in [0.15, 0.2) is 36.5 Å². The SMILES string of the molecule is CC(CC(O)c1ccc(F)cc1)NC(=O)c1ccn(C2CCCNC2)n1. The van der Waals surface area contributed by atoms with Crippen molar-refractivity contribution < 1.29 is 14.3 Å². The minimum atomic E-state index is -0.767. The first-order valence-corrected chi connectivity index (χ1v) is 9.03. The van der Waals surface area contributed by atoms with Crippen molar-refractivity contribution in [1.29, 1.82) is 0 Å². The molecule has 2 aromatic rings. The number of nitrogens with zero attached hydrogens (tertiary/aromatic N) is 2. The molecule has 1 aliphatic heterocycles. The van der Waals surface area contributed by atoms with Crippen LogP contribution in [0.4, 0.5) is 4.39 Å². The molecule has 26 heavy (non-hydrogen) atoms. The van der Waals surface area contributed by atoms with Gasteiger partial charge in [-0.2, -0.15) is 5.10 Å². The van der Waals surface area contributed by atoms with Gasteiger partial charge in [-0.3, -0.25) is 9.48 Å². The third-order valence-electron chi connectivity index (χ3n) is 4.70. The molecule has 7 heteroatoms. The van der Waals surface area contributed by atoms with E-state index in [2.05, 4.69) is 15.7 Å². The molecule has 1 fully saturated rings. The highest BCUT2D eigenvalue weighted by atomic mass is 19.1. The lowest BCUT2D eigenvalue weighted by Crippen LogP contribution is -2.34. The minimum Gasteiger partial charge on any atom is -0.388 e. The third kappa shape index (κ3) is 4.68. The molecule has 140 valence electrons. The highest BCUT2D eigenvalue weighted by Gasteiger charge is 2.20. The largest absolute Gasteiger partial charge is 0.388 e. The fourth-order valence-electron chi connectivity index (χ4n) is 3.23. The van der Waals surface area contributed by atoms with E-state index in [0.717, 1.165) is 25.9 Å². The number of carbonyl (C=O) groups excluding carboxylic acids is 1. The molecule has 3 atom stereocenters. The summed E-state index contributed by atoms with van der Waals surface area (Å²) in [6.45, 7) is 3.72. The molecule has 0 aliphatic carbocycles. The number of aliphatic hydroxyl groups excluding tert-OH is 1. The Kier molecular flexibility index (Phi) is 6.00. The van der Waals surface area contributed by atoms with Crippen molar-refractivity contribution in [3.8, 4) is 0 Å². The Balaban J connectivity index is 1.53. The monoisotopic (exact) mass is 360 g/mol. The van der Waals surface area contributed by atoms with Crippen molar-refractivity contribution in [2.24, 2.45) is 0 Å². The van der Waals surface area contributed by atoms with Crippen LogP contribution in [0.2, 0.25) is 0 Å². The van der Waals surface area contributed by atoms with Crippen LogP contribution in [-0.4, -0.2) is 39.9 Å². The molecule has 1 aromatic carbocycles. The van der Waals surface area contributed by atoms with Gasteiger partial charge in [-0.25, -0.2) is 4.39 Å². The third-order valence-corrected chi connectivity index (χ3v) is 4.70. The van der Waals surface area contributed by atoms with E-state index in [1.807, 2.05) is 17.8 Å². The summed E-state index contributed by atoms with van der Waals surface area (Å²) in [5, 5.41) is 20.8. The molecular weight excluding hydrogens is 335 g/mol. The number of amides is 1. The van der Waals surface area contributed by atoms with Crippen molar-refractivity contribution in [1.82, 2.24) is 20.4 Å². The second kappa shape index (κ2) is 8.42. The molecule has 6 nitrogen and oxygen atoms in total. The van der Waals surface area contributed by atoms with Crippen LogP contribution in [0.3, 0.4) is 0 Å². The average molecular weight is 360 g/mol. The maximum Gasteiger partial charge on any atom is 0.271 e. The van der Waals surface area contributed by atoms with Crippen LogP contribution in [0.5, 0.6) is 0 Å². The Morgan fingerprint density at radius 2 is 2.19 bits per heavy atom. The number of aliphatic hydroxyl groups is 1. The van der Waals surface area contributed by atoms with Gasteiger partial charge < -0.3 is 15.7 Å². The number of hydrogen-bond donors (Lipinski definition) is 3. The number of aromatic nitrogens is 2. The highest BCUT2D eigenvalue weighted by Crippen LogP contribution is 2.19. The van der Waals surface area contributed by atoms with Gasteiger partial charge in [0.05, 0.1) is 12.1 Å². The lowest BCUT2D eigenvalue weighted by atomic mass is 10.0. The molecule has 0 spiro atoms. The Hall–Kier alpha value is -2.25. The Labute approximate surface area is 152 Å². The molecule has 0 saturated carbocycles. The van der Waals surface area contributed by atoms with Gasteiger partial charge in [0.15, 0.2) is 0 Å². The van der Waals surface area contributed by atoms with Crippen molar-refractivity contribution in [3.05, 3.63) is 53.6 Å². The van der Waals surface area contributed by atoms with Crippen LogP contribution in [-0.2, 0) is 0 Å². The van der Waals surface area contributed by atoms with Crippen LogP contribution in [0.25, 0.3) is 0 Å². The highest BCUT2D eigenvalue weighted by molar-refractivity contribution is 5.92. The van der Waals surface area contributed by atoms with E-state index in [1.54, 1.807) is 18.2 Å². The van der Waals surface area contributed by atoms with Gasteiger partial charge >= 0.3 is 0 Å². The first kappa shape index (κ1) is 18.5. The van der Waals surface area contributed by atoms with Gasteiger partial charge in [0.2, 0.25) is 0 Å². The van der Waals surface area contributed by atoms with E-state index in [-0.39, 0.29) is 23.8 Å². The van der Waals surface area contributed by atoms with Crippen LogP contribution in [0.1, 0.15) is 54.4 Å². The zero-order valence-corrected chi connectivity index (χ0v) is 14.9. The number of halogens is 1. The van der Waals surface area contributed by atoms with E-state index < -0.39 is 6.10 Å². The summed E-state index contributed by atoms with van der Waals surface area (Å²) in [5.74, 6) is -0.600. The van der Waals surface area contributed by atoms with Crippen molar-refractivity contribution in [2.75, 3.05) is 13.1 Å². The summed E-state index contributed by atoms with van der Waals surface area (Å²) in [6, 6.07) is 7.48. The standard InChI is InChI=1S/C19H25FN4O2/c1-13(11-18(25)14-4-6-15(20)7-5-14)22-19(26)17-8-10-24(23-17)16-3-2-9-21-12-16/h4-8,10,13,16,18,21,25H,2-3,9,11-12H2,1H3,(H,22,26). The number of benzene rings is 1. The quantitative estimate of drug-likeness (QED) is 0.738. The molecule has 3 N–H and O–H groups in total. The maximum atomic E-state index is 13.0. The van der Waals surface area contributed by atoms with Gasteiger partial charge in [-0.15, -0.1) is 0 Å². The summed E-state index contributed by atoms with van der Waals surface area (Å²) in [7, 11) is 0. The summed E-state index contributed by atoms with van der Waals surface area (Å²) < 4.78 is 14.8. The van der Waals surface area contributed by atoms with Gasteiger partial charge in [0.1, 0.15) is 11.5 Å². The zero-order valence-electron chi connectivity index (χ0n) is 14.9. The Morgan fingerprint density at radius 3 is 2.88 bits per heavy atom. The summed E-state index contributed by atoms with van der Waals surface area (Å²) >= 11 is 0. The average Bonchev–Trinajstić information content (AvgIpc) is 3.13. The van der Waals surface area contributed by atoms with Gasteiger partial charge in [0, 0.05) is 18.8 Å². The number of nitrogens with one attached hydrogen (secondary N) is 2. The molecule has 0 radical (unpaired) electrons. The van der Waals surface area contributed by atoms with Gasteiger partial charge in [-0.05, 0) is 56.5 Å². The fourth-order valence-corrected chi connectivity index (χ4v) is 3.23. The lowest BCUT2D eigenvalue weighted by molar-refractivity contribution is 0.0910. The van der Waals surface area contributed by atoms with Crippen molar-refractivity contribution in [2.45, 2.75) is 44.4 Å². The minimum absolute atomic E-state index is 0.246. The molecule has 2 heterocycles. The van der Waals surface area contributed by atoms with Crippen LogP contribution in [0, 0.1) is 5.82 Å². The van der Waals surface area contributed by atoms with Crippen molar-refractivity contribution in [3.63, 3.8) is 0 Å². The van der Waals surface area contributed by atoms with Crippen LogP contribution < -0.4 is 10.6 Å². The lowest BCUT2D eigenvalue weighted by Gasteiger charge is -2.23. The van der Waals surface area contributed by atoms with Gasteiger partial charge in [0.25, 0.3) is 5.91 Å². The number of piperidine rings is 1.